The van der Waals surface area contributed by atoms with E-state index in [2.05, 4.69) is 23.1 Å². The van der Waals surface area contributed by atoms with Crippen molar-refractivity contribution < 1.29 is 36.9 Å². The number of hydrogen-bond acceptors (Lipinski definition) is 6. The molecule has 223 valence electrons. The largest absolute Gasteiger partial charge is 2.00 e. The van der Waals surface area contributed by atoms with E-state index in [1.165, 1.54) is 0 Å². The molecule has 3 aromatic heterocycles. The summed E-state index contributed by atoms with van der Waals surface area (Å²) in [6, 6.07) is 7.78. The van der Waals surface area contributed by atoms with Crippen molar-refractivity contribution in [3.63, 3.8) is 0 Å². The molecule has 8 nitrogen and oxygen atoms in total. The number of carboxylic acids is 2. The maximum Gasteiger partial charge on any atom is 2.00 e. The SMILES string of the molecule is C=Cc1c(C)c2cc3[nH]c(cc4nc(cc5nc(cc1[nH]2)C(C)=C5CCC(=O)[O-])C(CCC(=O)[O-])=C4C)c(C)c3C=C.[Cu+2]. The Balaban J connectivity index is 0.00000423. The third kappa shape index (κ3) is 5.91. The van der Waals surface area contributed by atoms with Crippen LogP contribution in [0.15, 0.2) is 37.4 Å². The van der Waals surface area contributed by atoms with Crippen LogP contribution in [0.5, 0.6) is 0 Å². The number of nitrogens with one attached hydrogen (secondary N) is 2. The third-order valence-corrected chi connectivity index (χ3v) is 8.20. The number of allylic oxidation sites excluding steroid dienone is 4. The van der Waals surface area contributed by atoms with E-state index in [0.29, 0.717) is 22.8 Å². The number of rotatable bonds is 8. The Morgan fingerprint density at radius 1 is 0.674 bits per heavy atom. The number of carboxylic acid groups (broad SMARTS) is 2. The van der Waals surface area contributed by atoms with Crippen LogP contribution >= 0.6 is 0 Å². The van der Waals surface area contributed by atoms with Gasteiger partial charge in [0.05, 0.1) is 22.8 Å². The van der Waals surface area contributed by atoms with Crippen LogP contribution < -0.4 is 10.2 Å². The molecule has 2 N–H and O–H groups in total. The zero-order valence-electron chi connectivity index (χ0n) is 24.5. The number of H-pyrrole nitrogens is 2. The number of aromatic amines is 2. The van der Waals surface area contributed by atoms with Crippen LogP contribution in [0.3, 0.4) is 0 Å². The number of fused-ring (bicyclic) bond motifs is 8. The van der Waals surface area contributed by atoms with Gasteiger partial charge in [0, 0.05) is 45.1 Å². The second-order valence-corrected chi connectivity index (χ2v) is 10.7. The number of aryl methyl sites for hydroxylation is 2. The first-order valence-electron chi connectivity index (χ1n) is 13.8. The van der Waals surface area contributed by atoms with E-state index in [4.69, 9.17) is 9.97 Å². The summed E-state index contributed by atoms with van der Waals surface area (Å²) in [7, 11) is 0. The molecule has 8 bridgehead atoms. The van der Waals surface area contributed by atoms with E-state index in [1.54, 1.807) is 6.08 Å². The molecule has 43 heavy (non-hydrogen) atoms. The van der Waals surface area contributed by atoms with Gasteiger partial charge in [-0.25, -0.2) is 9.97 Å². The summed E-state index contributed by atoms with van der Waals surface area (Å²) < 4.78 is 0. The van der Waals surface area contributed by atoms with Gasteiger partial charge < -0.3 is 29.8 Å². The molecule has 3 aromatic rings. The predicted molar refractivity (Wildman–Crippen MR) is 164 cm³/mol. The molecular formula is C34H32CuN4O4. The summed E-state index contributed by atoms with van der Waals surface area (Å²) in [5.41, 5.74) is 13.3. The smallest absolute Gasteiger partial charge is 0.550 e. The van der Waals surface area contributed by atoms with Crippen molar-refractivity contribution in [1.29, 1.82) is 0 Å². The standard InChI is InChI=1S/C34H34N4O4.Cu/c1-7-21-17(3)25-13-26-19(5)23(9-11-33(39)40)31(37-26)16-32-24(10-12-34(41)42)20(6)28(38-32)15-30-22(8-2)18(4)27(36-30)14-29(21)35-25;/h7-8,13-16,35-36H,1-2,9-12H2,3-6H3,(H,39,40)(H,41,42);/q;+2/p-2. The Hall–Kier alpha value is -4.46. The van der Waals surface area contributed by atoms with E-state index >= 15 is 0 Å². The molecule has 0 saturated heterocycles. The van der Waals surface area contributed by atoms with Crippen LogP contribution in [0.1, 0.15) is 84.6 Å². The minimum Gasteiger partial charge on any atom is -0.550 e. The molecule has 5 rings (SSSR count). The van der Waals surface area contributed by atoms with E-state index < -0.39 is 11.9 Å². The Labute approximate surface area is 260 Å². The van der Waals surface area contributed by atoms with E-state index in [1.807, 2.05) is 58.0 Å². The molecule has 0 spiro atoms. The monoisotopic (exact) mass is 623 g/mol. The number of aromatic nitrogens is 4. The van der Waals surface area contributed by atoms with Crippen LogP contribution in [0.2, 0.25) is 0 Å². The molecule has 0 saturated carbocycles. The van der Waals surface area contributed by atoms with Gasteiger partial charge in [-0.3, -0.25) is 0 Å². The van der Waals surface area contributed by atoms with Crippen LogP contribution in [0.4, 0.5) is 0 Å². The fraction of sp³-hybridized carbons (Fsp3) is 0.235. The first kappa shape index (κ1) is 31.5. The number of aliphatic carboxylic acids is 2. The van der Waals surface area contributed by atoms with Crippen LogP contribution in [0, 0.1) is 13.8 Å². The maximum atomic E-state index is 11.4. The third-order valence-electron chi connectivity index (χ3n) is 8.20. The number of hydrogen-bond donors (Lipinski definition) is 2. The van der Waals surface area contributed by atoms with Crippen molar-refractivity contribution in [1.82, 2.24) is 19.9 Å². The van der Waals surface area contributed by atoms with Gasteiger partial charge in [0.1, 0.15) is 0 Å². The molecule has 0 fully saturated rings. The van der Waals surface area contributed by atoms with Gasteiger partial charge in [-0.15, -0.1) is 0 Å². The number of nitrogens with zero attached hydrogens (tertiary/aromatic N) is 2. The molecule has 0 amide bonds. The van der Waals surface area contributed by atoms with Crippen molar-refractivity contribution in [3.05, 3.63) is 82.5 Å². The maximum absolute atomic E-state index is 11.4. The van der Waals surface area contributed by atoms with Crippen LogP contribution in [-0.4, -0.2) is 31.9 Å². The summed E-state index contributed by atoms with van der Waals surface area (Å²) in [4.78, 5) is 39.7. The first-order chi connectivity index (χ1) is 20.0. The summed E-state index contributed by atoms with van der Waals surface area (Å²) >= 11 is 0. The van der Waals surface area contributed by atoms with E-state index in [0.717, 1.165) is 66.6 Å². The Morgan fingerprint density at radius 3 is 1.49 bits per heavy atom. The number of carbonyl (C=O) groups is 2. The van der Waals surface area contributed by atoms with Crippen molar-refractivity contribution in [2.24, 2.45) is 0 Å². The average molecular weight is 624 g/mol. The van der Waals surface area contributed by atoms with Gasteiger partial charge in [0.15, 0.2) is 0 Å². The first-order valence-corrected chi connectivity index (χ1v) is 13.8. The van der Waals surface area contributed by atoms with Gasteiger partial charge in [0.2, 0.25) is 0 Å². The average Bonchev–Trinajstić information content (AvgIpc) is 3.59. The van der Waals surface area contributed by atoms with E-state index in [-0.39, 0.29) is 42.8 Å². The van der Waals surface area contributed by atoms with Crippen molar-refractivity contribution >= 4 is 68.4 Å². The fourth-order valence-electron chi connectivity index (χ4n) is 5.76. The summed E-state index contributed by atoms with van der Waals surface area (Å²) in [6.07, 6.45) is 3.79. The second kappa shape index (κ2) is 12.4. The van der Waals surface area contributed by atoms with Gasteiger partial charge >= 0.3 is 17.1 Å². The van der Waals surface area contributed by atoms with E-state index in [9.17, 15) is 19.8 Å². The van der Waals surface area contributed by atoms with Crippen molar-refractivity contribution in [2.75, 3.05) is 0 Å². The number of carbonyl (C=O) groups excluding carboxylic acids is 2. The molecule has 2 aliphatic rings. The molecular weight excluding hydrogens is 592 g/mol. The molecule has 0 aromatic carbocycles. The summed E-state index contributed by atoms with van der Waals surface area (Å²) in [5.74, 6) is -2.29. The summed E-state index contributed by atoms with van der Waals surface area (Å²) in [5, 5.41) is 22.8. The molecule has 9 heteroatoms. The minimum atomic E-state index is -1.15. The second-order valence-electron chi connectivity index (χ2n) is 10.7. The van der Waals surface area contributed by atoms with Crippen LogP contribution in [0.25, 0.3) is 56.5 Å². The quantitative estimate of drug-likeness (QED) is 0.333. The molecule has 2 aliphatic heterocycles. The normalized spacial score (nSPS) is 12.7. The van der Waals surface area contributed by atoms with Crippen molar-refractivity contribution in [2.45, 2.75) is 53.4 Å². The van der Waals surface area contributed by atoms with Crippen molar-refractivity contribution in [3.8, 4) is 0 Å². The molecule has 0 aliphatic carbocycles. The fourth-order valence-corrected chi connectivity index (χ4v) is 5.76. The zero-order chi connectivity index (χ0) is 30.3. The zero-order valence-corrected chi connectivity index (χ0v) is 25.5. The van der Waals surface area contributed by atoms with Gasteiger partial charge in [-0.1, -0.05) is 25.3 Å². The van der Waals surface area contributed by atoms with Gasteiger partial charge in [-0.2, -0.15) is 0 Å². The predicted octanol–water partition coefficient (Wildman–Crippen LogP) is 5.14. The van der Waals surface area contributed by atoms with Gasteiger partial charge in [-0.05, 0) is 111 Å². The summed E-state index contributed by atoms with van der Waals surface area (Å²) in [6.45, 7) is 16.0. The van der Waals surface area contributed by atoms with Gasteiger partial charge in [0.25, 0.3) is 0 Å². The van der Waals surface area contributed by atoms with Crippen LogP contribution in [-0.2, 0) is 26.7 Å². The molecule has 5 heterocycles. The molecule has 0 atom stereocenters. The Morgan fingerprint density at radius 2 is 1.07 bits per heavy atom. The minimum absolute atomic E-state index is 0. The Kier molecular flexibility index (Phi) is 9.09. The topological polar surface area (TPSA) is 138 Å². The Bertz CT molecular complexity index is 1920. The molecule has 1 radical (unpaired) electrons. The molecule has 0 unspecified atom stereocenters.